The first-order chi connectivity index (χ1) is 9.69. The fourth-order valence-corrected chi connectivity index (χ4v) is 5.13. The van der Waals surface area contributed by atoms with Gasteiger partial charge in [0.25, 0.3) is 0 Å². The largest absolute Gasteiger partial charge is 0.481 e. The van der Waals surface area contributed by atoms with Crippen LogP contribution >= 0.6 is 0 Å². The molecule has 0 aromatic carbocycles. The van der Waals surface area contributed by atoms with Gasteiger partial charge in [0.05, 0.1) is 0 Å². The van der Waals surface area contributed by atoms with E-state index in [-0.39, 0.29) is 0 Å². The quantitative estimate of drug-likeness (QED) is 0.840. The highest BCUT2D eigenvalue weighted by molar-refractivity contribution is 5.66. The van der Waals surface area contributed by atoms with Crippen molar-refractivity contribution in [3.05, 3.63) is 0 Å². The zero-order valence-corrected chi connectivity index (χ0v) is 14.3. The predicted molar refractivity (Wildman–Crippen MR) is 86.4 cm³/mol. The fourth-order valence-electron chi connectivity index (χ4n) is 5.13. The Hall–Kier alpha value is -0.570. The minimum Gasteiger partial charge on any atom is -0.481 e. The van der Waals surface area contributed by atoms with E-state index in [0.29, 0.717) is 29.3 Å². The van der Waals surface area contributed by atoms with Crippen LogP contribution in [0.3, 0.4) is 0 Å². The van der Waals surface area contributed by atoms with Gasteiger partial charge in [-0.15, -0.1) is 0 Å². The molecule has 2 aliphatic rings. The van der Waals surface area contributed by atoms with E-state index in [0.717, 1.165) is 6.42 Å². The van der Waals surface area contributed by atoms with E-state index >= 15 is 0 Å². The molecule has 122 valence electrons. The van der Waals surface area contributed by atoms with Crippen LogP contribution in [-0.2, 0) is 4.79 Å². The van der Waals surface area contributed by atoms with Crippen molar-refractivity contribution >= 4 is 5.97 Å². The van der Waals surface area contributed by atoms with E-state index in [1.54, 1.807) is 0 Å². The summed E-state index contributed by atoms with van der Waals surface area (Å²) in [5.74, 6) is -0.648. The lowest BCUT2D eigenvalue weighted by atomic mass is 9.63. The van der Waals surface area contributed by atoms with E-state index < -0.39 is 5.97 Å². The molecule has 1 saturated carbocycles. The molecule has 1 heterocycles. The molecular weight excluding hydrogens is 262 g/mol. The molecule has 0 bridgehead atoms. The fraction of sp³-hybridized carbons (Fsp3) is 0.944. The van der Waals surface area contributed by atoms with Gasteiger partial charge in [-0.1, -0.05) is 34.1 Å². The minimum absolute atomic E-state index is 0.320. The van der Waals surface area contributed by atoms with Crippen LogP contribution in [0.5, 0.6) is 0 Å². The van der Waals surface area contributed by atoms with Crippen molar-refractivity contribution in [3.63, 3.8) is 0 Å². The van der Waals surface area contributed by atoms with Crippen molar-refractivity contribution in [1.29, 1.82) is 0 Å². The van der Waals surface area contributed by atoms with Crippen molar-refractivity contribution in [3.8, 4) is 0 Å². The van der Waals surface area contributed by atoms with Gasteiger partial charge in [-0.2, -0.15) is 0 Å². The monoisotopic (exact) mass is 295 g/mol. The second-order valence-electron chi connectivity index (χ2n) is 8.89. The van der Waals surface area contributed by atoms with Crippen LogP contribution in [0.1, 0.15) is 79.1 Å². The number of aliphatic carboxylic acids is 1. The summed E-state index contributed by atoms with van der Waals surface area (Å²) < 4.78 is 0. The molecule has 0 amide bonds. The first kappa shape index (κ1) is 16.8. The van der Waals surface area contributed by atoms with Gasteiger partial charge in [0.2, 0.25) is 0 Å². The Morgan fingerprint density at radius 3 is 2.33 bits per heavy atom. The summed E-state index contributed by atoms with van der Waals surface area (Å²) in [6.45, 7) is 10.8. The average molecular weight is 295 g/mol. The Kier molecular flexibility index (Phi) is 5.02. The highest BCUT2D eigenvalue weighted by Crippen LogP contribution is 2.48. The Bertz CT molecular complexity index is 359. The minimum atomic E-state index is -0.648. The van der Waals surface area contributed by atoms with Crippen molar-refractivity contribution in [1.82, 2.24) is 4.90 Å². The van der Waals surface area contributed by atoms with Gasteiger partial charge < -0.3 is 5.11 Å². The highest BCUT2D eigenvalue weighted by atomic mass is 16.4. The van der Waals surface area contributed by atoms with Crippen LogP contribution in [0, 0.1) is 10.8 Å². The van der Waals surface area contributed by atoms with Gasteiger partial charge in [-0.25, -0.2) is 0 Å². The van der Waals surface area contributed by atoms with Crippen molar-refractivity contribution < 1.29 is 9.90 Å². The average Bonchev–Trinajstić information content (AvgIpc) is 2.33. The van der Waals surface area contributed by atoms with Gasteiger partial charge in [0, 0.05) is 18.5 Å². The highest BCUT2D eigenvalue weighted by Gasteiger charge is 2.42. The zero-order chi connectivity index (χ0) is 15.7. The van der Waals surface area contributed by atoms with Gasteiger partial charge in [-0.05, 0) is 55.9 Å². The number of piperidine rings is 1. The van der Waals surface area contributed by atoms with Crippen LogP contribution in [-0.4, -0.2) is 34.6 Å². The van der Waals surface area contributed by atoms with Crippen LogP contribution < -0.4 is 0 Å². The van der Waals surface area contributed by atoms with Gasteiger partial charge in [0.15, 0.2) is 0 Å². The van der Waals surface area contributed by atoms with Gasteiger partial charge in [-0.3, -0.25) is 9.69 Å². The molecule has 1 N–H and O–H groups in total. The third kappa shape index (κ3) is 4.70. The van der Waals surface area contributed by atoms with Crippen molar-refractivity contribution in [2.45, 2.75) is 91.1 Å². The molecule has 3 nitrogen and oxygen atoms in total. The molecule has 1 aliphatic heterocycles. The molecule has 0 aromatic heterocycles. The maximum absolute atomic E-state index is 10.9. The molecular formula is C18H33NO2. The molecule has 0 aromatic rings. The molecule has 0 radical (unpaired) electrons. The van der Waals surface area contributed by atoms with E-state index in [1.165, 1.54) is 45.1 Å². The maximum atomic E-state index is 10.9. The summed E-state index contributed by atoms with van der Waals surface area (Å²) in [7, 11) is 0. The molecule has 2 rings (SSSR count). The first-order valence-corrected chi connectivity index (χ1v) is 8.66. The van der Waals surface area contributed by atoms with Crippen LogP contribution in [0.25, 0.3) is 0 Å². The number of hydrogen-bond donors (Lipinski definition) is 1. The molecule has 2 fully saturated rings. The summed E-state index contributed by atoms with van der Waals surface area (Å²) in [5.41, 5.74) is 0.808. The molecule has 21 heavy (non-hydrogen) atoms. The standard InChI is InChI=1S/C18H33NO2/c1-17(2)11-15(12-18(3,4)13-17)19-10-6-5-7-14(19)8-9-16(20)21/h14-15H,5-13H2,1-4H3,(H,20,21). The van der Waals surface area contributed by atoms with E-state index in [1.807, 2.05) is 0 Å². The maximum Gasteiger partial charge on any atom is 0.303 e. The van der Waals surface area contributed by atoms with Crippen molar-refractivity contribution in [2.75, 3.05) is 6.54 Å². The van der Waals surface area contributed by atoms with Gasteiger partial charge in [0.1, 0.15) is 0 Å². The third-order valence-corrected chi connectivity index (χ3v) is 5.37. The Labute approximate surface area is 130 Å². The van der Waals surface area contributed by atoms with Crippen LogP contribution in [0.4, 0.5) is 0 Å². The molecule has 1 saturated heterocycles. The van der Waals surface area contributed by atoms with E-state index in [4.69, 9.17) is 5.11 Å². The Morgan fingerprint density at radius 2 is 1.76 bits per heavy atom. The summed E-state index contributed by atoms with van der Waals surface area (Å²) in [6.07, 6.45) is 8.70. The number of carbonyl (C=O) groups is 1. The van der Waals surface area contributed by atoms with Gasteiger partial charge >= 0.3 is 5.97 Å². The lowest BCUT2D eigenvalue weighted by Crippen LogP contribution is -2.52. The third-order valence-electron chi connectivity index (χ3n) is 5.37. The zero-order valence-electron chi connectivity index (χ0n) is 14.3. The Balaban J connectivity index is 2.07. The number of rotatable bonds is 4. The molecule has 1 unspecified atom stereocenters. The first-order valence-electron chi connectivity index (χ1n) is 8.66. The molecule has 3 heteroatoms. The number of likely N-dealkylation sites (tertiary alicyclic amines) is 1. The van der Waals surface area contributed by atoms with E-state index in [9.17, 15) is 4.79 Å². The topological polar surface area (TPSA) is 40.5 Å². The molecule has 1 atom stereocenters. The van der Waals surface area contributed by atoms with Crippen LogP contribution in [0.2, 0.25) is 0 Å². The second kappa shape index (κ2) is 6.28. The smallest absolute Gasteiger partial charge is 0.303 e. The summed E-state index contributed by atoms with van der Waals surface area (Å²) >= 11 is 0. The predicted octanol–water partition coefficient (Wildman–Crippen LogP) is 4.31. The lowest BCUT2D eigenvalue weighted by molar-refractivity contribution is -0.137. The number of carboxylic acids is 1. The normalized spacial score (nSPS) is 30.2. The Morgan fingerprint density at radius 1 is 1.14 bits per heavy atom. The lowest BCUT2D eigenvalue weighted by Gasteiger charge is -2.51. The number of carboxylic acid groups (broad SMARTS) is 1. The number of hydrogen-bond acceptors (Lipinski definition) is 2. The number of nitrogens with zero attached hydrogens (tertiary/aromatic N) is 1. The summed E-state index contributed by atoms with van der Waals surface area (Å²) in [4.78, 5) is 13.6. The van der Waals surface area contributed by atoms with E-state index in [2.05, 4.69) is 32.6 Å². The molecule has 1 aliphatic carbocycles. The summed E-state index contributed by atoms with van der Waals surface area (Å²) in [6, 6.07) is 1.13. The SMILES string of the molecule is CC1(C)CC(N2CCCCC2CCC(=O)O)CC(C)(C)C1. The van der Waals surface area contributed by atoms with Crippen LogP contribution in [0.15, 0.2) is 0 Å². The summed E-state index contributed by atoms with van der Waals surface area (Å²) in [5, 5.41) is 8.99. The van der Waals surface area contributed by atoms with Crippen molar-refractivity contribution in [2.24, 2.45) is 10.8 Å². The molecule has 0 spiro atoms. The second-order valence-corrected chi connectivity index (χ2v) is 8.89.